The van der Waals surface area contributed by atoms with Gasteiger partial charge in [0.1, 0.15) is 0 Å². The first-order valence-electron chi connectivity index (χ1n) is 6.05. The highest BCUT2D eigenvalue weighted by atomic mass is 16.5. The molecule has 0 aliphatic heterocycles. The van der Waals surface area contributed by atoms with Gasteiger partial charge in [0.15, 0.2) is 0 Å². The molecule has 15 heavy (non-hydrogen) atoms. The Labute approximate surface area is 93.5 Å². The van der Waals surface area contributed by atoms with Gasteiger partial charge in [-0.2, -0.15) is 0 Å². The van der Waals surface area contributed by atoms with Crippen LogP contribution >= 0.6 is 0 Å². The molecule has 1 fully saturated rings. The largest absolute Gasteiger partial charge is 0.379 e. The van der Waals surface area contributed by atoms with Gasteiger partial charge in [-0.25, -0.2) is 0 Å². The first-order chi connectivity index (χ1) is 7.12. The molecule has 3 heteroatoms. The molecule has 1 aliphatic carbocycles. The zero-order valence-corrected chi connectivity index (χ0v) is 10.5. The lowest BCUT2D eigenvalue weighted by molar-refractivity contribution is -0.126. The highest BCUT2D eigenvalue weighted by Crippen LogP contribution is 2.42. The van der Waals surface area contributed by atoms with Gasteiger partial charge in [-0.15, -0.1) is 0 Å². The highest BCUT2D eigenvalue weighted by molar-refractivity contribution is 5.02. The zero-order valence-electron chi connectivity index (χ0n) is 10.5. The molecule has 0 aromatic rings. The van der Waals surface area contributed by atoms with E-state index in [1.54, 1.807) is 0 Å². The van der Waals surface area contributed by atoms with E-state index >= 15 is 0 Å². The Bertz CT molecular complexity index is 182. The van der Waals surface area contributed by atoms with Crippen LogP contribution in [0.3, 0.4) is 0 Å². The SMILES string of the molecule is CCNC1CC(OCCOCC)C1(C)C. The summed E-state index contributed by atoms with van der Waals surface area (Å²) in [4.78, 5) is 0. The Kier molecular flexibility index (Phi) is 5.03. The summed E-state index contributed by atoms with van der Waals surface area (Å²) in [6.45, 7) is 12.0. The van der Waals surface area contributed by atoms with E-state index in [1.165, 1.54) is 0 Å². The monoisotopic (exact) mass is 215 g/mol. The molecule has 90 valence electrons. The van der Waals surface area contributed by atoms with Crippen LogP contribution in [0.2, 0.25) is 0 Å². The van der Waals surface area contributed by atoms with Crippen LogP contribution in [0.15, 0.2) is 0 Å². The summed E-state index contributed by atoms with van der Waals surface area (Å²) in [6, 6.07) is 0.611. The number of hydrogen-bond donors (Lipinski definition) is 1. The topological polar surface area (TPSA) is 30.5 Å². The molecule has 3 nitrogen and oxygen atoms in total. The van der Waals surface area contributed by atoms with Gasteiger partial charge in [-0.1, -0.05) is 20.8 Å². The quantitative estimate of drug-likeness (QED) is 0.657. The molecule has 0 saturated heterocycles. The van der Waals surface area contributed by atoms with Crippen molar-refractivity contribution in [1.29, 1.82) is 0 Å². The van der Waals surface area contributed by atoms with E-state index in [4.69, 9.17) is 9.47 Å². The maximum absolute atomic E-state index is 5.81. The Morgan fingerprint density at radius 2 is 2.00 bits per heavy atom. The van der Waals surface area contributed by atoms with E-state index in [9.17, 15) is 0 Å². The summed E-state index contributed by atoms with van der Waals surface area (Å²) >= 11 is 0. The number of rotatable bonds is 7. The fourth-order valence-electron chi connectivity index (χ4n) is 2.15. The van der Waals surface area contributed by atoms with Crippen molar-refractivity contribution in [3.05, 3.63) is 0 Å². The van der Waals surface area contributed by atoms with Gasteiger partial charge < -0.3 is 14.8 Å². The minimum absolute atomic E-state index is 0.266. The van der Waals surface area contributed by atoms with Crippen molar-refractivity contribution in [2.24, 2.45) is 5.41 Å². The average molecular weight is 215 g/mol. The lowest BCUT2D eigenvalue weighted by atomic mass is 9.64. The van der Waals surface area contributed by atoms with E-state index in [0.29, 0.717) is 12.1 Å². The number of ether oxygens (including phenoxy) is 2. The van der Waals surface area contributed by atoms with Gasteiger partial charge in [0.05, 0.1) is 19.3 Å². The molecular formula is C12H25NO2. The molecule has 0 heterocycles. The predicted molar refractivity (Wildman–Crippen MR) is 62.1 cm³/mol. The molecule has 0 radical (unpaired) electrons. The third-order valence-corrected chi connectivity index (χ3v) is 3.38. The maximum Gasteiger partial charge on any atom is 0.0704 e. The molecule has 0 bridgehead atoms. The zero-order chi connectivity index (χ0) is 11.3. The molecule has 0 amide bonds. The van der Waals surface area contributed by atoms with E-state index in [-0.39, 0.29) is 5.41 Å². The smallest absolute Gasteiger partial charge is 0.0704 e. The van der Waals surface area contributed by atoms with Gasteiger partial charge in [0, 0.05) is 18.1 Å². The van der Waals surface area contributed by atoms with Gasteiger partial charge in [-0.3, -0.25) is 0 Å². The summed E-state index contributed by atoms with van der Waals surface area (Å²) in [5.41, 5.74) is 0.266. The average Bonchev–Trinajstić information content (AvgIpc) is 2.21. The second-order valence-electron chi connectivity index (χ2n) is 4.72. The fraction of sp³-hybridized carbons (Fsp3) is 1.00. The molecule has 0 aromatic heterocycles. The fourth-order valence-corrected chi connectivity index (χ4v) is 2.15. The van der Waals surface area contributed by atoms with Crippen molar-refractivity contribution in [2.75, 3.05) is 26.4 Å². The molecule has 1 rings (SSSR count). The standard InChI is InChI=1S/C12H25NO2/c1-5-13-10-9-11(12(10,3)4)15-8-7-14-6-2/h10-11,13H,5-9H2,1-4H3. The van der Waals surface area contributed by atoms with Crippen LogP contribution < -0.4 is 5.32 Å². The van der Waals surface area contributed by atoms with Crippen molar-refractivity contribution in [3.8, 4) is 0 Å². The van der Waals surface area contributed by atoms with Crippen molar-refractivity contribution in [3.63, 3.8) is 0 Å². The predicted octanol–water partition coefficient (Wildman–Crippen LogP) is 1.82. The summed E-state index contributed by atoms with van der Waals surface area (Å²) in [5.74, 6) is 0. The van der Waals surface area contributed by atoms with Crippen LogP contribution in [-0.2, 0) is 9.47 Å². The van der Waals surface area contributed by atoms with Gasteiger partial charge in [0.25, 0.3) is 0 Å². The van der Waals surface area contributed by atoms with Crippen molar-refractivity contribution >= 4 is 0 Å². The summed E-state index contributed by atoms with van der Waals surface area (Å²) in [7, 11) is 0. The van der Waals surface area contributed by atoms with E-state index in [2.05, 4.69) is 26.1 Å². The maximum atomic E-state index is 5.81. The molecule has 0 aromatic carbocycles. The number of nitrogens with one attached hydrogen (secondary N) is 1. The Balaban J connectivity index is 2.17. The molecular weight excluding hydrogens is 190 g/mol. The van der Waals surface area contributed by atoms with Crippen LogP contribution in [0.5, 0.6) is 0 Å². The molecule has 1 saturated carbocycles. The minimum atomic E-state index is 0.266. The normalized spacial score (nSPS) is 28.8. The summed E-state index contributed by atoms with van der Waals surface area (Å²) in [5, 5.41) is 3.49. The minimum Gasteiger partial charge on any atom is -0.379 e. The highest BCUT2D eigenvalue weighted by Gasteiger charge is 2.48. The molecule has 1 N–H and O–H groups in total. The van der Waals surface area contributed by atoms with E-state index in [1.807, 2.05) is 6.92 Å². The first-order valence-corrected chi connectivity index (χ1v) is 6.05. The second-order valence-corrected chi connectivity index (χ2v) is 4.72. The van der Waals surface area contributed by atoms with Crippen LogP contribution in [0, 0.1) is 5.41 Å². The Hall–Kier alpha value is -0.120. The molecule has 2 unspecified atom stereocenters. The van der Waals surface area contributed by atoms with Gasteiger partial charge in [-0.05, 0) is 19.9 Å². The molecule has 1 aliphatic rings. The van der Waals surface area contributed by atoms with Gasteiger partial charge in [0.2, 0.25) is 0 Å². The summed E-state index contributed by atoms with van der Waals surface area (Å²) in [6.07, 6.45) is 1.52. The van der Waals surface area contributed by atoms with Crippen molar-refractivity contribution < 1.29 is 9.47 Å². The third kappa shape index (κ3) is 3.16. The first kappa shape index (κ1) is 12.9. The Morgan fingerprint density at radius 3 is 2.53 bits per heavy atom. The summed E-state index contributed by atoms with van der Waals surface area (Å²) < 4.78 is 11.1. The van der Waals surface area contributed by atoms with Crippen LogP contribution in [-0.4, -0.2) is 38.5 Å². The lowest BCUT2D eigenvalue weighted by Gasteiger charge is -2.52. The Morgan fingerprint density at radius 1 is 1.27 bits per heavy atom. The van der Waals surface area contributed by atoms with Crippen LogP contribution in [0.1, 0.15) is 34.1 Å². The third-order valence-electron chi connectivity index (χ3n) is 3.38. The van der Waals surface area contributed by atoms with E-state index < -0.39 is 0 Å². The van der Waals surface area contributed by atoms with E-state index in [0.717, 1.165) is 32.8 Å². The van der Waals surface area contributed by atoms with Crippen molar-refractivity contribution in [2.45, 2.75) is 46.3 Å². The lowest BCUT2D eigenvalue weighted by Crippen LogP contribution is -2.61. The van der Waals surface area contributed by atoms with Crippen LogP contribution in [0.4, 0.5) is 0 Å². The number of hydrogen-bond acceptors (Lipinski definition) is 3. The molecule has 0 spiro atoms. The second kappa shape index (κ2) is 5.83. The van der Waals surface area contributed by atoms with Crippen molar-refractivity contribution in [1.82, 2.24) is 5.32 Å². The van der Waals surface area contributed by atoms with Gasteiger partial charge >= 0.3 is 0 Å². The van der Waals surface area contributed by atoms with Crippen LogP contribution in [0.25, 0.3) is 0 Å². The molecule has 2 atom stereocenters.